The molecule has 96 valence electrons. The van der Waals surface area contributed by atoms with Crippen molar-refractivity contribution in [2.45, 2.75) is 17.7 Å². The largest absolute Gasteiger partial charge is 1.00 e. The lowest BCUT2D eigenvalue weighted by Gasteiger charge is -2.08. The first-order valence-electron chi connectivity index (χ1n) is 6.13. The first-order chi connectivity index (χ1) is 8.38. The lowest BCUT2D eigenvalue weighted by atomic mass is 10.1. The number of rotatable bonds is 2. The van der Waals surface area contributed by atoms with Crippen LogP contribution in [0.3, 0.4) is 0 Å². The van der Waals surface area contributed by atoms with Gasteiger partial charge in [-0.2, -0.15) is 0 Å². The molecule has 0 aromatic heterocycles. The molecule has 1 fully saturated rings. The van der Waals surface area contributed by atoms with E-state index in [1.165, 1.54) is 40.0 Å². The van der Waals surface area contributed by atoms with Crippen molar-refractivity contribution in [3.8, 4) is 5.75 Å². The predicted octanol–water partition coefficient (Wildman–Crippen LogP) is 0.623. The minimum absolute atomic E-state index is 0. The molecule has 0 spiro atoms. The molecule has 3 rings (SSSR count). The van der Waals surface area contributed by atoms with E-state index < -0.39 is 0 Å². The van der Waals surface area contributed by atoms with Crippen molar-refractivity contribution < 1.29 is 21.7 Å². The molecular weight excluding hydrogens is 308 g/mol. The minimum atomic E-state index is 0. The summed E-state index contributed by atoms with van der Waals surface area (Å²) in [5, 5.41) is 2.72. The predicted molar refractivity (Wildman–Crippen MR) is 75.1 cm³/mol. The Balaban J connectivity index is 0.00000120. The van der Waals surface area contributed by atoms with E-state index in [4.69, 9.17) is 4.74 Å². The Labute approximate surface area is 122 Å². The third-order valence-electron chi connectivity index (χ3n) is 3.38. The van der Waals surface area contributed by atoms with Crippen molar-refractivity contribution >= 4 is 21.7 Å². The third-order valence-corrected chi connectivity index (χ3v) is 5.90. The van der Waals surface area contributed by atoms with E-state index in [0.29, 0.717) is 10.9 Å². The number of methoxy groups -OCH3 is 1. The Kier molecular flexibility index (Phi) is 4.57. The second-order valence-corrected chi connectivity index (χ2v) is 6.70. The van der Waals surface area contributed by atoms with Gasteiger partial charge in [0, 0.05) is 22.3 Å². The number of fused-ring (bicyclic) bond motifs is 1. The molecule has 0 radical (unpaired) electrons. The van der Waals surface area contributed by atoms with E-state index >= 15 is 0 Å². The number of hydrogen-bond acceptors (Lipinski definition) is 1. The van der Waals surface area contributed by atoms with Crippen LogP contribution in [0.5, 0.6) is 5.75 Å². The van der Waals surface area contributed by atoms with Gasteiger partial charge in [0.05, 0.1) is 7.11 Å². The zero-order valence-corrected chi connectivity index (χ0v) is 12.9. The monoisotopic (exact) mass is 324 g/mol. The number of ether oxygens (including phenoxy) is 1. The Bertz CT molecular complexity index is 535. The SMILES string of the molecule is COc1cc([S+]2CCCC2)c2ccccc2c1.[Br-]. The van der Waals surface area contributed by atoms with Gasteiger partial charge >= 0.3 is 0 Å². The zero-order chi connectivity index (χ0) is 11.7. The summed E-state index contributed by atoms with van der Waals surface area (Å²) in [6.07, 6.45) is 2.77. The molecule has 1 aliphatic rings. The summed E-state index contributed by atoms with van der Waals surface area (Å²) in [6, 6.07) is 13.0. The van der Waals surface area contributed by atoms with Crippen LogP contribution in [0.1, 0.15) is 12.8 Å². The van der Waals surface area contributed by atoms with Crippen LogP contribution in [-0.2, 0) is 10.9 Å². The Morgan fingerprint density at radius 3 is 2.50 bits per heavy atom. The zero-order valence-electron chi connectivity index (χ0n) is 10.5. The van der Waals surface area contributed by atoms with Crippen molar-refractivity contribution in [1.29, 1.82) is 0 Å². The van der Waals surface area contributed by atoms with E-state index in [1.807, 2.05) is 0 Å². The van der Waals surface area contributed by atoms with Crippen LogP contribution >= 0.6 is 0 Å². The smallest absolute Gasteiger partial charge is 0.166 e. The molecule has 0 unspecified atom stereocenters. The lowest BCUT2D eigenvalue weighted by molar-refractivity contribution is -0.00000369. The Hall–Kier alpha value is -0.670. The maximum Gasteiger partial charge on any atom is 0.166 e. The molecule has 2 aromatic carbocycles. The quantitative estimate of drug-likeness (QED) is 0.736. The molecule has 18 heavy (non-hydrogen) atoms. The first kappa shape index (κ1) is 13.8. The highest BCUT2D eigenvalue weighted by atomic mass is 79.9. The molecule has 0 N–H and O–H groups in total. The van der Waals surface area contributed by atoms with Gasteiger partial charge in [0.1, 0.15) is 17.3 Å². The van der Waals surface area contributed by atoms with E-state index in [2.05, 4.69) is 36.4 Å². The molecular formula is C15H17BrOS. The topological polar surface area (TPSA) is 9.23 Å². The van der Waals surface area contributed by atoms with Gasteiger partial charge in [-0.1, -0.05) is 18.2 Å². The van der Waals surface area contributed by atoms with Crippen molar-refractivity contribution in [3.63, 3.8) is 0 Å². The molecule has 0 amide bonds. The molecule has 1 saturated heterocycles. The van der Waals surface area contributed by atoms with Crippen LogP contribution in [-0.4, -0.2) is 18.6 Å². The highest BCUT2D eigenvalue weighted by Crippen LogP contribution is 2.33. The summed E-state index contributed by atoms with van der Waals surface area (Å²) in [5.41, 5.74) is 0. The van der Waals surface area contributed by atoms with Crippen LogP contribution in [0, 0.1) is 0 Å². The fourth-order valence-electron chi connectivity index (χ4n) is 2.48. The molecule has 1 nitrogen and oxygen atoms in total. The number of halogens is 1. The fourth-order valence-corrected chi connectivity index (χ4v) is 5.01. The molecule has 2 aromatic rings. The standard InChI is InChI=1S/C15H17OS.BrH/c1-16-13-10-12-6-2-3-7-14(12)15(11-13)17-8-4-5-9-17;/h2-3,6-7,10-11H,4-5,8-9H2,1H3;1H/q+1;/p-1. The van der Waals surface area contributed by atoms with Crippen molar-refractivity contribution in [2.75, 3.05) is 18.6 Å². The summed E-state index contributed by atoms with van der Waals surface area (Å²) < 4.78 is 5.43. The molecule has 0 atom stereocenters. The van der Waals surface area contributed by atoms with Crippen LogP contribution in [0.15, 0.2) is 41.3 Å². The molecule has 3 heteroatoms. The van der Waals surface area contributed by atoms with E-state index in [0.717, 1.165) is 5.75 Å². The Morgan fingerprint density at radius 1 is 1.06 bits per heavy atom. The van der Waals surface area contributed by atoms with E-state index in [1.54, 1.807) is 7.11 Å². The minimum Gasteiger partial charge on any atom is -1.00 e. The van der Waals surface area contributed by atoms with Gasteiger partial charge < -0.3 is 21.7 Å². The maximum atomic E-state index is 5.43. The van der Waals surface area contributed by atoms with Crippen LogP contribution in [0.4, 0.5) is 0 Å². The van der Waals surface area contributed by atoms with Crippen molar-refractivity contribution in [2.24, 2.45) is 0 Å². The average Bonchev–Trinajstić information content (AvgIpc) is 2.91. The molecule has 0 bridgehead atoms. The summed E-state index contributed by atoms with van der Waals surface area (Å²) in [4.78, 5) is 1.51. The van der Waals surface area contributed by atoms with Gasteiger partial charge in [0.2, 0.25) is 0 Å². The molecule has 1 heterocycles. The highest BCUT2D eigenvalue weighted by Gasteiger charge is 2.29. The number of hydrogen-bond donors (Lipinski definition) is 0. The van der Waals surface area contributed by atoms with E-state index in [-0.39, 0.29) is 17.0 Å². The second kappa shape index (κ2) is 5.98. The molecule has 0 saturated carbocycles. The van der Waals surface area contributed by atoms with Gasteiger partial charge in [0.15, 0.2) is 4.90 Å². The molecule has 0 aliphatic carbocycles. The summed E-state index contributed by atoms with van der Waals surface area (Å²) in [5.74, 6) is 3.71. The highest BCUT2D eigenvalue weighted by molar-refractivity contribution is 7.97. The van der Waals surface area contributed by atoms with Crippen molar-refractivity contribution in [1.82, 2.24) is 0 Å². The summed E-state index contributed by atoms with van der Waals surface area (Å²) in [6.45, 7) is 0. The van der Waals surface area contributed by atoms with Gasteiger partial charge in [-0.3, -0.25) is 0 Å². The maximum absolute atomic E-state index is 5.43. The van der Waals surface area contributed by atoms with E-state index in [9.17, 15) is 0 Å². The fraction of sp³-hybridized carbons (Fsp3) is 0.333. The van der Waals surface area contributed by atoms with Crippen molar-refractivity contribution in [3.05, 3.63) is 36.4 Å². The van der Waals surface area contributed by atoms with Gasteiger partial charge in [-0.15, -0.1) is 0 Å². The van der Waals surface area contributed by atoms with Crippen LogP contribution < -0.4 is 21.7 Å². The second-order valence-electron chi connectivity index (χ2n) is 4.45. The van der Waals surface area contributed by atoms with Gasteiger partial charge in [-0.25, -0.2) is 0 Å². The van der Waals surface area contributed by atoms with Gasteiger partial charge in [0.25, 0.3) is 0 Å². The van der Waals surface area contributed by atoms with Crippen LogP contribution in [0.25, 0.3) is 10.8 Å². The average molecular weight is 325 g/mol. The Morgan fingerprint density at radius 2 is 1.78 bits per heavy atom. The molecule has 1 aliphatic heterocycles. The third kappa shape index (κ3) is 2.52. The van der Waals surface area contributed by atoms with Gasteiger partial charge in [-0.05, 0) is 30.4 Å². The summed E-state index contributed by atoms with van der Waals surface area (Å²) >= 11 is 0. The van der Waals surface area contributed by atoms with Crippen LogP contribution in [0.2, 0.25) is 0 Å². The lowest BCUT2D eigenvalue weighted by Crippen LogP contribution is -3.00. The number of benzene rings is 2. The summed E-state index contributed by atoms with van der Waals surface area (Å²) in [7, 11) is 2.20. The normalized spacial score (nSPS) is 15.6. The first-order valence-corrected chi connectivity index (χ1v) is 7.69.